The summed E-state index contributed by atoms with van der Waals surface area (Å²) in [6.07, 6.45) is 3.62. The Labute approximate surface area is 141 Å². The Kier molecular flexibility index (Phi) is 4.12. The van der Waals surface area contributed by atoms with Crippen LogP contribution in [0.15, 0.2) is 74.1 Å². The van der Waals surface area contributed by atoms with E-state index in [-0.39, 0.29) is 0 Å². The normalized spacial score (nSPS) is 10.3. The summed E-state index contributed by atoms with van der Waals surface area (Å²) in [7, 11) is 0. The van der Waals surface area contributed by atoms with Gasteiger partial charge in [0.2, 0.25) is 0 Å². The van der Waals surface area contributed by atoms with Crippen LogP contribution in [0, 0.1) is 0 Å². The van der Waals surface area contributed by atoms with E-state index in [9.17, 15) is 0 Å². The Morgan fingerprint density at radius 3 is 1.46 bits per heavy atom. The fraction of sp³-hybridized carbons (Fsp3) is 0. The first-order chi connectivity index (χ1) is 11.5. The van der Waals surface area contributed by atoms with Gasteiger partial charge in [-0.2, -0.15) is 0 Å². The van der Waals surface area contributed by atoms with E-state index in [1.165, 1.54) is 0 Å². The second-order valence-electron chi connectivity index (χ2n) is 5.50. The zero-order valence-corrected chi connectivity index (χ0v) is 13.2. The summed E-state index contributed by atoms with van der Waals surface area (Å²) in [5.74, 6) is 0.667. The van der Waals surface area contributed by atoms with Gasteiger partial charge in [-0.25, -0.2) is 9.97 Å². The van der Waals surface area contributed by atoms with Crippen LogP contribution in [0.3, 0.4) is 0 Å². The molecule has 0 bridgehead atoms. The molecular formula is C20H18N4. The second kappa shape index (κ2) is 6.38. The Balaban J connectivity index is 1.84. The van der Waals surface area contributed by atoms with Gasteiger partial charge in [-0.05, 0) is 16.7 Å². The van der Waals surface area contributed by atoms with Gasteiger partial charge in [0.15, 0.2) is 5.82 Å². The fourth-order valence-electron chi connectivity index (χ4n) is 2.34. The molecule has 0 saturated carbocycles. The number of nitrogens with two attached hydrogens (primary N) is 2. The molecule has 1 heterocycles. The highest BCUT2D eigenvalue weighted by molar-refractivity contribution is 5.69. The molecule has 4 N–H and O–H groups in total. The van der Waals surface area contributed by atoms with E-state index >= 15 is 0 Å². The van der Waals surface area contributed by atoms with Crippen LogP contribution in [0.25, 0.3) is 33.9 Å². The average molecular weight is 314 g/mol. The third-order valence-electron chi connectivity index (χ3n) is 3.75. The zero-order valence-electron chi connectivity index (χ0n) is 13.2. The van der Waals surface area contributed by atoms with Crippen molar-refractivity contribution in [3.63, 3.8) is 0 Å². The molecule has 0 unspecified atom stereocenters. The summed E-state index contributed by atoms with van der Waals surface area (Å²) in [6.45, 7) is 7.45. The van der Waals surface area contributed by atoms with Gasteiger partial charge in [-0.1, -0.05) is 61.7 Å². The standard InChI is InChI=1S/C20H18N4/c1-13(21)15-3-7-17(8-4-15)19-11-23-20(24-12-19)18-9-5-16(6-10-18)14(2)22/h3-12H,1-2,21-22H2. The predicted molar refractivity (Wildman–Crippen MR) is 99.3 cm³/mol. The van der Waals surface area contributed by atoms with Gasteiger partial charge in [0, 0.05) is 34.9 Å². The maximum Gasteiger partial charge on any atom is 0.159 e. The number of rotatable bonds is 4. The molecule has 0 saturated heterocycles. The van der Waals surface area contributed by atoms with Gasteiger partial charge in [-0.15, -0.1) is 0 Å². The van der Waals surface area contributed by atoms with Crippen LogP contribution < -0.4 is 11.5 Å². The van der Waals surface area contributed by atoms with Gasteiger partial charge in [0.05, 0.1) is 0 Å². The summed E-state index contributed by atoms with van der Waals surface area (Å²) in [4.78, 5) is 8.90. The lowest BCUT2D eigenvalue weighted by atomic mass is 10.1. The second-order valence-corrected chi connectivity index (χ2v) is 5.50. The molecule has 0 aliphatic rings. The first kappa shape index (κ1) is 15.5. The largest absolute Gasteiger partial charge is 0.399 e. The lowest BCUT2D eigenvalue weighted by Crippen LogP contribution is -1.95. The number of hydrogen-bond donors (Lipinski definition) is 2. The van der Waals surface area contributed by atoms with Crippen LogP contribution in [-0.4, -0.2) is 9.97 Å². The molecule has 3 aromatic rings. The first-order valence-corrected chi connectivity index (χ1v) is 7.47. The smallest absolute Gasteiger partial charge is 0.159 e. The number of benzene rings is 2. The molecular weight excluding hydrogens is 296 g/mol. The van der Waals surface area contributed by atoms with E-state index in [1.54, 1.807) is 0 Å². The van der Waals surface area contributed by atoms with Crippen molar-refractivity contribution in [1.82, 2.24) is 9.97 Å². The van der Waals surface area contributed by atoms with Crippen molar-refractivity contribution < 1.29 is 0 Å². The molecule has 1 aromatic heterocycles. The van der Waals surface area contributed by atoms with Crippen molar-refractivity contribution in [1.29, 1.82) is 0 Å². The molecule has 4 heteroatoms. The molecule has 4 nitrogen and oxygen atoms in total. The van der Waals surface area contributed by atoms with Crippen LogP contribution in [0.2, 0.25) is 0 Å². The summed E-state index contributed by atoms with van der Waals surface area (Å²) >= 11 is 0. The Hall–Kier alpha value is -3.40. The molecule has 0 aliphatic heterocycles. The molecule has 0 aliphatic carbocycles. The van der Waals surface area contributed by atoms with Crippen molar-refractivity contribution in [3.8, 4) is 22.5 Å². The van der Waals surface area contributed by atoms with E-state index in [1.807, 2.05) is 60.9 Å². The van der Waals surface area contributed by atoms with Crippen molar-refractivity contribution in [2.75, 3.05) is 0 Å². The number of nitrogens with zero attached hydrogens (tertiary/aromatic N) is 2. The van der Waals surface area contributed by atoms with E-state index in [4.69, 9.17) is 11.5 Å². The summed E-state index contributed by atoms with van der Waals surface area (Å²) in [6, 6.07) is 15.5. The van der Waals surface area contributed by atoms with E-state index in [0.29, 0.717) is 17.2 Å². The molecule has 0 spiro atoms. The summed E-state index contributed by atoms with van der Waals surface area (Å²) in [5.41, 5.74) is 17.2. The molecule has 24 heavy (non-hydrogen) atoms. The van der Waals surface area contributed by atoms with Gasteiger partial charge >= 0.3 is 0 Å². The molecule has 118 valence electrons. The van der Waals surface area contributed by atoms with Crippen LogP contribution >= 0.6 is 0 Å². The van der Waals surface area contributed by atoms with Crippen molar-refractivity contribution in [2.24, 2.45) is 11.5 Å². The predicted octanol–water partition coefficient (Wildman–Crippen LogP) is 3.67. The Bertz CT molecular complexity index is 800. The number of aromatic nitrogens is 2. The van der Waals surface area contributed by atoms with Crippen molar-refractivity contribution in [3.05, 3.63) is 85.2 Å². The number of hydrogen-bond acceptors (Lipinski definition) is 4. The molecule has 3 rings (SSSR count). The SMILES string of the molecule is C=C(N)c1ccc(-c2cnc(-c3ccc(C(=C)N)cc3)nc2)cc1. The Morgan fingerprint density at radius 2 is 1.04 bits per heavy atom. The quantitative estimate of drug-likeness (QED) is 0.770. The topological polar surface area (TPSA) is 77.8 Å². The minimum Gasteiger partial charge on any atom is -0.399 e. The van der Waals surface area contributed by atoms with Crippen LogP contribution in [0.1, 0.15) is 11.1 Å². The molecule has 0 radical (unpaired) electrons. The Morgan fingerprint density at radius 1 is 0.625 bits per heavy atom. The van der Waals surface area contributed by atoms with Gasteiger partial charge in [0.25, 0.3) is 0 Å². The monoisotopic (exact) mass is 314 g/mol. The molecule has 0 fully saturated rings. The summed E-state index contributed by atoms with van der Waals surface area (Å²) < 4.78 is 0. The maximum absolute atomic E-state index is 5.68. The summed E-state index contributed by atoms with van der Waals surface area (Å²) in [5, 5.41) is 0. The minimum atomic E-state index is 0.543. The lowest BCUT2D eigenvalue weighted by Gasteiger charge is -2.06. The van der Waals surface area contributed by atoms with Crippen LogP contribution in [-0.2, 0) is 0 Å². The molecule has 2 aromatic carbocycles. The van der Waals surface area contributed by atoms with Crippen molar-refractivity contribution in [2.45, 2.75) is 0 Å². The van der Waals surface area contributed by atoms with Gasteiger partial charge < -0.3 is 11.5 Å². The van der Waals surface area contributed by atoms with Crippen LogP contribution in [0.5, 0.6) is 0 Å². The highest BCUT2D eigenvalue weighted by atomic mass is 14.9. The van der Waals surface area contributed by atoms with E-state index in [0.717, 1.165) is 27.8 Å². The lowest BCUT2D eigenvalue weighted by molar-refractivity contribution is 1.18. The fourth-order valence-corrected chi connectivity index (χ4v) is 2.34. The maximum atomic E-state index is 5.68. The zero-order chi connectivity index (χ0) is 17.1. The molecule has 0 amide bonds. The highest BCUT2D eigenvalue weighted by Crippen LogP contribution is 2.22. The van der Waals surface area contributed by atoms with Gasteiger partial charge in [-0.3, -0.25) is 0 Å². The third kappa shape index (κ3) is 3.17. The highest BCUT2D eigenvalue weighted by Gasteiger charge is 2.04. The average Bonchev–Trinajstić information content (AvgIpc) is 2.62. The van der Waals surface area contributed by atoms with E-state index < -0.39 is 0 Å². The van der Waals surface area contributed by atoms with Gasteiger partial charge in [0.1, 0.15) is 0 Å². The van der Waals surface area contributed by atoms with Crippen LogP contribution in [0.4, 0.5) is 0 Å². The minimum absolute atomic E-state index is 0.543. The van der Waals surface area contributed by atoms with Crippen molar-refractivity contribution >= 4 is 11.4 Å². The molecule has 0 atom stereocenters. The first-order valence-electron chi connectivity index (χ1n) is 7.47. The van der Waals surface area contributed by atoms with E-state index in [2.05, 4.69) is 23.1 Å². The third-order valence-corrected chi connectivity index (χ3v) is 3.75.